The van der Waals surface area contributed by atoms with Crippen molar-refractivity contribution in [2.45, 2.75) is 0 Å². The van der Waals surface area contributed by atoms with Gasteiger partial charge in [-0.25, -0.2) is 4.79 Å². The minimum absolute atomic E-state index is 0.00410. The smallest absolute Gasteiger partial charge is 0.333 e. The maximum atomic E-state index is 12.7. The number of allylic oxidation sites excluding steroid dienone is 3. The van der Waals surface area contributed by atoms with Gasteiger partial charge in [-0.1, -0.05) is 72.8 Å². The van der Waals surface area contributed by atoms with Crippen LogP contribution in [-0.2, 0) is 14.1 Å². The summed E-state index contributed by atoms with van der Waals surface area (Å²) in [6.45, 7) is 0. The van der Waals surface area contributed by atoms with Crippen LogP contribution in [0.3, 0.4) is 0 Å². The molecule has 3 rings (SSSR count). The fourth-order valence-electron chi connectivity index (χ4n) is 3.15. The van der Waals surface area contributed by atoms with Crippen molar-refractivity contribution in [2.75, 3.05) is 0 Å². The van der Waals surface area contributed by atoms with Crippen molar-refractivity contribution in [2.24, 2.45) is 14.1 Å². The van der Waals surface area contributed by atoms with Crippen LogP contribution in [-0.4, -0.2) is 20.0 Å². The van der Waals surface area contributed by atoms with E-state index in [2.05, 4.69) is 6.07 Å². The molecule has 154 valence electrons. The molecule has 0 amide bonds. The van der Waals surface area contributed by atoms with Crippen molar-refractivity contribution in [3.63, 3.8) is 0 Å². The van der Waals surface area contributed by atoms with E-state index < -0.39 is 17.1 Å². The van der Waals surface area contributed by atoms with Gasteiger partial charge in [-0.2, -0.15) is 5.26 Å². The number of benzene rings is 2. The third-order valence-electron chi connectivity index (χ3n) is 4.88. The van der Waals surface area contributed by atoms with Crippen LogP contribution >= 0.6 is 0 Å². The van der Waals surface area contributed by atoms with Crippen LogP contribution in [0.1, 0.15) is 16.7 Å². The van der Waals surface area contributed by atoms with E-state index in [-0.39, 0.29) is 16.8 Å². The molecule has 1 heterocycles. The second-order valence-electron chi connectivity index (χ2n) is 6.83. The number of rotatable bonds is 5. The van der Waals surface area contributed by atoms with Crippen LogP contribution in [0.25, 0.3) is 11.6 Å². The van der Waals surface area contributed by atoms with Gasteiger partial charge in [-0.15, -0.1) is 0 Å². The molecule has 0 unspecified atom stereocenters. The van der Waals surface area contributed by atoms with Gasteiger partial charge in [-0.3, -0.25) is 19.3 Å². The quantitative estimate of drug-likeness (QED) is 0.369. The summed E-state index contributed by atoms with van der Waals surface area (Å²) < 4.78 is 1.74. The summed E-state index contributed by atoms with van der Waals surface area (Å²) in [4.78, 5) is 24.8. The van der Waals surface area contributed by atoms with Gasteiger partial charge in [0.05, 0.1) is 0 Å². The predicted octanol–water partition coefficient (Wildman–Crippen LogP) is 1.03. The van der Waals surface area contributed by atoms with E-state index >= 15 is 0 Å². The Morgan fingerprint density at radius 1 is 1.00 bits per heavy atom. The molecule has 0 aliphatic heterocycles. The number of nitrogens with zero attached hydrogens (tertiary/aromatic N) is 3. The van der Waals surface area contributed by atoms with Crippen molar-refractivity contribution < 1.29 is 10.5 Å². The molecule has 0 radical (unpaired) electrons. The average molecular weight is 413 g/mol. The second-order valence-corrected chi connectivity index (χ2v) is 6.83. The van der Waals surface area contributed by atoms with E-state index in [1.54, 1.807) is 6.08 Å². The van der Waals surface area contributed by atoms with Crippen molar-refractivity contribution >= 4 is 17.4 Å². The highest BCUT2D eigenvalue weighted by Gasteiger charge is 2.28. The van der Waals surface area contributed by atoms with Crippen molar-refractivity contribution in [1.29, 1.82) is 5.26 Å². The standard InChI is InChI=1S/C24H20N4O3/c1-27-22(29)20(23(30)28(2)24(27)31)21(26)19(15-25)18(17-11-7-4-8-12-17)14-13-16-9-5-3-6-10-16/h3-14,26,29H,1-2H3/p+1. The van der Waals surface area contributed by atoms with E-state index in [0.717, 1.165) is 14.7 Å². The Bertz CT molecular complexity index is 1360. The van der Waals surface area contributed by atoms with Crippen LogP contribution in [0.4, 0.5) is 0 Å². The van der Waals surface area contributed by atoms with Gasteiger partial charge in [0, 0.05) is 19.7 Å². The lowest BCUT2D eigenvalue weighted by molar-refractivity contribution is -0.111. The summed E-state index contributed by atoms with van der Waals surface area (Å²) >= 11 is 0. The summed E-state index contributed by atoms with van der Waals surface area (Å²) in [7, 11) is 2.60. The zero-order chi connectivity index (χ0) is 22.5. The van der Waals surface area contributed by atoms with Crippen molar-refractivity contribution in [3.05, 3.63) is 110 Å². The summed E-state index contributed by atoms with van der Waals surface area (Å²) in [6, 6.07) is 20.7. The Morgan fingerprint density at radius 3 is 2.16 bits per heavy atom. The largest absolute Gasteiger partial charge is 0.494 e. The van der Waals surface area contributed by atoms with Gasteiger partial charge < -0.3 is 5.11 Å². The zero-order valence-corrected chi connectivity index (χ0v) is 17.1. The molecule has 3 N–H and O–H groups in total. The first-order valence-corrected chi connectivity index (χ1v) is 9.42. The molecule has 7 nitrogen and oxygen atoms in total. The fraction of sp³-hybridized carbons (Fsp3) is 0.0833. The maximum Gasteiger partial charge on any atom is 0.333 e. The number of nitriles is 1. The lowest BCUT2D eigenvalue weighted by Gasteiger charge is -2.10. The first-order valence-electron chi connectivity index (χ1n) is 9.42. The lowest BCUT2D eigenvalue weighted by Crippen LogP contribution is -2.48. The molecule has 0 fully saturated rings. The predicted molar refractivity (Wildman–Crippen MR) is 119 cm³/mol. The van der Waals surface area contributed by atoms with Gasteiger partial charge in [0.25, 0.3) is 5.56 Å². The van der Waals surface area contributed by atoms with Gasteiger partial charge in [0.2, 0.25) is 11.6 Å². The highest BCUT2D eigenvalue weighted by atomic mass is 16.3. The second kappa shape index (κ2) is 8.93. The topological polar surface area (TPSA) is 114 Å². The SMILES string of the molecule is Cn1c(O)c(C(=[NH2+])C(C#N)=C(C=Cc2ccccc2)c2ccccc2)c(=O)n(C)c1=O. The van der Waals surface area contributed by atoms with Crippen LogP contribution in [0, 0.1) is 11.3 Å². The molecule has 0 aliphatic carbocycles. The number of hydrogen-bond acceptors (Lipinski definition) is 4. The van der Waals surface area contributed by atoms with Gasteiger partial charge in [-0.05, 0) is 11.1 Å². The molecular weight excluding hydrogens is 392 g/mol. The molecule has 3 aromatic rings. The molecular formula is C24H21N4O3+. The molecule has 0 saturated heterocycles. The van der Waals surface area contributed by atoms with E-state index in [0.29, 0.717) is 11.1 Å². The van der Waals surface area contributed by atoms with E-state index in [1.165, 1.54) is 14.1 Å². The van der Waals surface area contributed by atoms with E-state index in [9.17, 15) is 20.0 Å². The zero-order valence-electron chi connectivity index (χ0n) is 17.1. The minimum Gasteiger partial charge on any atom is -0.494 e. The average Bonchev–Trinajstić information content (AvgIpc) is 2.80. The third-order valence-corrected chi connectivity index (χ3v) is 4.88. The van der Waals surface area contributed by atoms with Crippen molar-refractivity contribution in [3.8, 4) is 11.9 Å². The normalized spacial score (nSPS) is 11.8. The van der Waals surface area contributed by atoms with Gasteiger partial charge in [0.15, 0.2) is 5.56 Å². The Morgan fingerprint density at radius 2 is 1.58 bits per heavy atom. The number of hydrogen-bond donors (Lipinski definition) is 2. The molecule has 0 atom stereocenters. The summed E-state index contributed by atoms with van der Waals surface area (Å²) in [5.41, 5.74) is 0.0849. The van der Waals surface area contributed by atoms with Gasteiger partial charge in [0.1, 0.15) is 11.6 Å². The van der Waals surface area contributed by atoms with E-state index in [4.69, 9.17) is 5.41 Å². The molecule has 0 saturated carbocycles. The van der Waals surface area contributed by atoms with E-state index in [1.807, 2.05) is 66.7 Å². The fourth-order valence-corrected chi connectivity index (χ4v) is 3.15. The van der Waals surface area contributed by atoms with Crippen LogP contribution in [0.15, 0.2) is 81.9 Å². The Kier molecular flexibility index (Phi) is 6.13. The Labute approximate surface area is 178 Å². The molecule has 0 aliphatic rings. The van der Waals surface area contributed by atoms with Crippen LogP contribution < -0.4 is 16.7 Å². The first kappa shape index (κ1) is 21.3. The summed E-state index contributed by atoms with van der Waals surface area (Å²) in [5.74, 6) is -0.599. The molecule has 7 heteroatoms. The molecule has 31 heavy (non-hydrogen) atoms. The van der Waals surface area contributed by atoms with Crippen LogP contribution in [0.5, 0.6) is 5.88 Å². The monoisotopic (exact) mass is 413 g/mol. The van der Waals surface area contributed by atoms with Gasteiger partial charge >= 0.3 is 5.69 Å². The lowest BCUT2D eigenvalue weighted by atomic mass is 9.94. The highest BCUT2D eigenvalue weighted by molar-refractivity contribution is 6.17. The number of aromatic nitrogens is 2. The molecule has 0 bridgehead atoms. The minimum atomic E-state index is -0.787. The Hall–Kier alpha value is -4.44. The summed E-state index contributed by atoms with van der Waals surface area (Å²) in [6.07, 6.45) is 3.56. The molecule has 2 aromatic carbocycles. The molecule has 1 aromatic heterocycles. The maximum absolute atomic E-state index is 12.7. The van der Waals surface area contributed by atoms with Crippen molar-refractivity contribution in [1.82, 2.24) is 9.13 Å². The Balaban J connectivity index is 2.28. The third kappa shape index (κ3) is 4.14. The molecule has 0 spiro atoms. The summed E-state index contributed by atoms with van der Waals surface area (Å²) in [5, 5.41) is 26.7. The number of aromatic hydroxyl groups is 1. The van der Waals surface area contributed by atoms with Crippen LogP contribution in [0.2, 0.25) is 0 Å². The first-order chi connectivity index (χ1) is 14.9. The number of nitrogens with two attached hydrogens (primary N) is 1. The highest BCUT2D eigenvalue weighted by Crippen LogP contribution is 2.24.